The van der Waals surface area contributed by atoms with Gasteiger partial charge < -0.3 is 14.5 Å². The molecule has 5 nitrogen and oxygen atoms in total. The third kappa shape index (κ3) is 3.80. The molecular weight excluding hydrogens is 300 g/mol. The zero-order valence-electron chi connectivity index (χ0n) is 13.9. The molecule has 122 valence electrons. The second-order valence-corrected chi connectivity index (χ2v) is 7.63. The summed E-state index contributed by atoms with van der Waals surface area (Å²) < 4.78 is 5.39. The molecule has 0 aliphatic carbocycles. The van der Waals surface area contributed by atoms with Crippen molar-refractivity contribution in [1.29, 1.82) is 0 Å². The van der Waals surface area contributed by atoms with Gasteiger partial charge in [-0.3, -0.25) is 4.79 Å². The highest BCUT2D eigenvalue weighted by molar-refractivity contribution is 7.12. The summed E-state index contributed by atoms with van der Waals surface area (Å²) in [7, 11) is 1.81. The number of nitrogens with zero attached hydrogens (tertiary/aromatic N) is 2. The van der Waals surface area contributed by atoms with Crippen LogP contribution < -0.4 is 0 Å². The number of ether oxygens (including phenoxy) is 1. The van der Waals surface area contributed by atoms with Crippen LogP contribution in [-0.4, -0.2) is 53.6 Å². The molecule has 6 heteroatoms. The zero-order chi connectivity index (χ0) is 16.5. The number of likely N-dealkylation sites (N-methyl/N-ethyl adjacent to an activating group) is 1. The number of amides is 2. The minimum Gasteiger partial charge on any atom is -0.444 e. The molecular formula is C16H24N2O3S. The molecule has 0 saturated carbocycles. The average molecular weight is 324 g/mol. The predicted molar refractivity (Wildman–Crippen MR) is 87.4 cm³/mol. The topological polar surface area (TPSA) is 49.9 Å². The number of rotatable bonds is 2. The zero-order valence-corrected chi connectivity index (χ0v) is 14.7. The molecule has 0 N–H and O–H groups in total. The Bertz CT molecular complexity index is 562. The van der Waals surface area contributed by atoms with E-state index in [9.17, 15) is 9.59 Å². The van der Waals surface area contributed by atoms with E-state index < -0.39 is 5.60 Å². The number of hydrogen-bond acceptors (Lipinski definition) is 4. The van der Waals surface area contributed by atoms with E-state index in [-0.39, 0.29) is 18.0 Å². The maximum Gasteiger partial charge on any atom is 0.410 e. The number of carbonyl (C=O) groups excluding carboxylic acids is 2. The first kappa shape index (κ1) is 16.8. The van der Waals surface area contributed by atoms with Crippen LogP contribution >= 0.6 is 11.3 Å². The molecule has 0 radical (unpaired) electrons. The van der Waals surface area contributed by atoms with E-state index in [2.05, 4.69) is 0 Å². The van der Waals surface area contributed by atoms with E-state index in [1.165, 1.54) is 11.3 Å². The smallest absolute Gasteiger partial charge is 0.410 e. The average Bonchev–Trinajstić information content (AvgIpc) is 3.03. The lowest BCUT2D eigenvalue weighted by Crippen LogP contribution is -2.41. The third-order valence-electron chi connectivity index (χ3n) is 3.74. The van der Waals surface area contributed by atoms with Gasteiger partial charge in [0, 0.05) is 20.1 Å². The van der Waals surface area contributed by atoms with Crippen molar-refractivity contribution in [2.24, 2.45) is 0 Å². The van der Waals surface area contributed by atoms with Gasteiger partial charge >= 0.3 is 6.09 Å². The molecule has 0 unspecified atom stereocenters. The molecule has 0 bridgehead atoms. The Hall–Kier alpha value is -1.56. The summed E-state index contributed by atoms with van der Waals surface area (Å²) in [5.74, 6) is 0.0311. The summed E-state index contributed by atoms with van der Waals surface area (Å²) >= 11 is 1.46. The van der Waals surface area contributed by atoms with Gasteiger partial charge in [-0.1, -0.05) is 0 Å². The first-order valence-corrected chi connectivity index (χ1v) is 8.36. The van der Waals surface area contributed by atoms with Crippen LogP contribution in [0.4, 0.5) is 4.79 Å². The number of likely N-dealkylation sites (tertiary alicyclic amines) is 1. The van der Waals surface area contributed by atoms with Crippen molar-refractivity contribution in [1.82, 2.24) is 9.80 Å². The number of carbonyl (C=O) groups is 2. The molecule has 1 saturated heterocycles. The summed E-state index contributed by atoms with van der Waals surface area (Å²) in [6.07, 6.45) is 0.481. The van der Waals surface area contributed by atoms with E-state index in [0.717, 1.165) is 16.9 Å². The van der Waals surface area contributed by atoms with E-state index in [1.54, 1.807) is 9.80 Å². The van der Waals surface area contributed by atoms with Gasteiger partial charge in [-0.25, -0.2) is 4.79 Å². The second kappa shape index (κ2) is 6.28. The van der Waals surface area contributed by atoms with Crippen molar-refractivity contribution in [3.05, 3.63) is 21.9 Å². The number of thiophene rings is 1. The van der Waals surface area contributed by atoms with Gasteiger partial charge in [0.1, 0.15) is 5.60 Å². The Morgan fingerprint density at radius 2 is 2.09 bits per heavy atom. The van der Waals surface area contributed by atoms with E-state index in [0.29, 0.717) is 13.1 Å². The molecule has 1 aliphatic heterocycles. The Kier molecular flexibility index (Phi) is 4.80. The normalized spacial score (nSPS) is 18.4. The minimum absolute atomic E-state index is 0.0311. The molecule has 1 aromatic heterocycles. The van der Waals surface area contributed by atoms with Gasteiger partial charge in [0.05, 0.1) is 10.9 Å². The molecule has 1 aliphatic rings. The van der Waals surface area contributed by atoms with Gasteiger partial charge in [-0.15, -0.1) is 11.3 Å². The summed E-state index contributed by atoms with van der Waals surface area (Å²) in [5.41, 5.74) is 0.508. The molecule has 2 heterocycles. The van der Waals surface area contributed by atoms with E-state index >= 15 is 0 Å². The fourth-order valence-corrected chi connectivity index (χ4v) is 3.38. The van der Waals surface area contributed by atoms with Crippen molar-refractivity contribution < 1.29 is 14.3 Å². The van der Waals surface area contributed by atoms with E-state index in [1.807, 2.05) is 46.2 Å². The van der Waals surface area contributed by atoms with Gasteiger partial charge in [0.2, 0.25) is 0 Å². The van der Waals surface area contributed by atoms with Crippen LogP contribution in [0.25, 0.3) is 0 Å². The molecule has 22 heavy (non-hydrogen) atoms. The highest BCUT2D eigenvalue weighted by Crippen LogP contribution is 2.22. The van der Waals surface area contributed by atoms with Crippen LogP contribution in [0.15, 0.2) is 11.4 Å². The molecule has 0 spiro atoms. The molecule has 0 aromatic carbocycles. The SMILES string of the molecule is Cc1ccsc1C(=O)N(C)[C@@H]1CCN(C(=O)OC(C)(C)C)C1. The highest BCUT2D eigenvalue weighted by Gasteiger charge is 2.33. The quantitative estimate of drug-likeness (QED) is 0.840. The molecule has 1 atom stereocenters. The minimum atomic E-state index is -0.495. The molecule has 1 aromatic rings. The van der Waals surface area contributed by atoms with Crippen LogP contribution in [-0.2, 0) is 4.74 Å². The van der Waals surface area contributed by atoms with Crippen molar-refractivity contribution in [2.75, 3.05) is 20.1 Å². The number of hydrogen-bond donors (Lipinski definition) is 0. The predicted octanol–water partition coefficient (Wildman–Crippen LogP) is 3.14. The maximum absolute atomic E-state index is 12.5. The summed E-state index contributed by atoms with van der Waals surface area (Å²) in [5, 5.41) is 1.93. The fourth-order valence-electron chi connectivity index (χ4n) is 2.47. The van der Waals surface area contributed by atoms with Crippen molar-refractivity contribution in [2.45, 2.75) is 45.8 Å². The fraction of sp³-hybridized carbons (Fsp3) is 0.625. The molecule has 1 fully saturated rings. The Labute approximate surface area is 135 Å². The monoisotopic (exact) mass is 324 g/mol. The van der Waals surface area contributed by atoms with Crippen LogP contribution in [0.5, 0.6) is 0 Å². The van der Waals surface area contributed by atoms with Crippen molar-refractivity contribution >= 4 is 23.3 Å². The standard InChI is InChI=1S/C16H24N2O3S/c1-11-7-9-22-13(11)14(19)17(5)12-6-8-18(10-12)15(20)21-16(2,3)4/h7,9,12H,6,8,10H2,1-5H3/t12-/m1/s1. The van der Waals surface area contributed by atoms with Gasteiger partial charge in [0.25, 0.3) is 5.91 Å². The third-order valence-corrected chi connectivity index (χ3v) is 4.74. The van der Waals surface area contributed by atoms with Crippen LogP contribution in [0.3, 0.4) is 0 Å². The van der Waals surface area contributed by atoms with Crippen LogP contribution in [0.2, 0.25) is 0 Å². The van der Waals surface area contributed by atoms with E-state index in [4.69, 9.17) is 4.74 Å². The largest absolute Gasteiger partial charge is 0.444 e. The summed E-state index contributed by atoms with van der Waals surface area (Å²) in [4.78, 5) is 28.8. The van der Waals surface area contributed by atoms with Crippen LogP contribution in [0, 0.1) is 6.92 Å². The van der Waals surface area contributed by atoms with Gasteiger partial charge in [-0.2, -0.15) is 0 Å². The number of aryl methyl sites for hydroxylation is 1. The lowest BCUT2D eigenvalue weighted by molar-refractivity contribution is 0.0279. The Balaban J connectivity index is 1.97. The second-order valence-electron chi connectivity index (χ2n) is 6.72. The first-order chi connectivity index (χ1) is 10.2. The Morgan fingerprint density at radius 3 is 2.64 bits per heavy atom. The molecule has 2 rings (SSSR count). The summed E-state index contributed by atoms with van der Waals surface area (Å²) in [6, 6.07) is 1.99. The molecule has 2 amide bonds. The van der Waals surface area contributed by atoms with Crippen molar-refractivity contribution in [3.63, 3.8) is 0 Å². The van der Waals surface area contributed by atoms with Gasteiger partial charge in [0.15, 0.2) is 0 Å². The van der Waals surface area contributed by atoms with Crippen LogP contribution in [0.1, 0.15) is 42.4 Å². The highest BCUT2D eigenvalue weighted by atomic mass is 32.1. The lowest BCUT2D eigenvalue weighted by atomic mass is 10.2. The maximum atomic E-state index is 12.5. The Morgan fingerprint density at radius 1 is 1.41 bits per heavy atom. The first-order valence-electron chi connectivity index (χ1n) is 7.48. The van der Waals surface area contributed by atoms with Crippen molar-refractivity contribution in [3.8, 4) is 0 Å². The summed E-state index contributed by atoms with van der Waals surface area (Å²) in [6.45, 7) is 8.66. The lowest BCUT2D eigenvalue weighted by Gasteiger charge is -2.26. The van der Waals surface area contributed by atoms with Gasteiger partial charge in [-0.05, 0) is 51.1 Å².